The molecule has 0 unspecified atom stereocenters. The number of ether oxygens (including phenoxy) is 2. The van der Waals surface area contributed by atoms with Crippen molar-refractivity contribution in [1.29, 1.82) is 0 Å². The Morgan fingerprint density at radius 2 is 2.03 bits per heavy atom. The topological polar surface area (TPSA) is 104 Å². The number of carbonyl (C=O) groups is 1. The Morgan fingerprint density at radius 1 is 1.23 bits per heavy atom. The van der Waals surface area contributed by atoms with Gasteiger partial charge < -0.3 is 20.5 Å². The van der Waals surface area contributed by atoms with Crippen LogP contribution in [0.3, 0.4) is 0 Å². The molecule has 1 aliphatic rings. The van der Waals surface area contributed by atoms with Crippen LogP contribution in [0.4, 0.5) is 5.82 Å². The smallest absolute Gasteiger partial charge is 0.257 e. The summed E-state index contributed by atoms with van der Waals surface area (Å²) in [6.45, 7) is 1.17. The number of aromatic nitrogens is 3. The molecule has 1 saturated heterocycles. The molecule has 8 heteroatoms. The Kier molecular flexibility index (Phi) is 4.91. The molecule has 1 aliphatic heterocycles. The maximum absolute atomic E-state index is 13.2. The highest BCUT2D eigenvalue weighted by atomic mass is 16.5. The zero-order chi connectivity index (χ0) is 21.4. The van der Waals surface area contributed by atoms with Crippen molar-refractivity contribution < 1.29 is 14.3 Å². The fourth-order valence-corrected chi connectivity index (χ4v) is 4.00. The van der Waals surface area contributed by atoms with Gasteiger partial charge in [-0.15, -0.1) is 0 Å². The maximum Gasteiger partial charge on any atom is 0.257 e. The first-order valence-electron chi connectivity index (χ1n) is 10.3. The van der Waals surface area contributed by atoms with E-state index >= 15 is 0 Å². The van der Waals surface area contributed by atoms with Gasteiger partial charge in [-0.25, -0.2) is 9.97 Å². The Hall–Kier alpha value is -3.65. The standard InChI is InChI=1S/C23H23N5O3/c1-30-15-7-4-6-14(12-15)28-21(24)19(23(29)25-13-16-8-5-11-31-16)20-22(28)27-18-10-3-2-9-17(18)26-20/h2-4,6-7,9-10,12,16H,5,8,11,13,24H2,1H3,(H,25,29)/t16-/m1/s1. The van der Waals surface area contributed by atoms with Gasteiger partial charge in [-0.1, -0.05) is 18.2 Å². The molecule has 4 aromatic rings. The van der Waals surface area contributed by atoms with Gasteiger partial charge >= 0.3 is 0 Å². The lowest BCUT2D eigenvalue weighted by molar-refractivity contribution is 0.0859. The largest absolute Gasteiger partial charge is 0.497 e. The van der Waals surface area contributed by atoms with Gasteiger partial charge in [-0.3, -0.25) is 9.36 Å². The number of nitrogens with one attached hydrogen (secondary N) is 1. The number of amides is 1. The van der Waals surface area contributed by atoms with Gasteiger partial charge in [0.25, 0.3) is 5.91 Å². The lowest BCUT2D eigenvalue weighted by Crippen LogP contribution is -2.32. The van der Waals surface area contributed by atoms with Crippen LogP contribution in [0.1, 0.15) is 23.2 Å². The summed E-state index contributed by atoms with van der Waals surface area (Å²) in [7, 11) is 1.60. The number of hydrogen-bond acceptors (Lipinski definition) is 6. The molecule has 3 heterocycles. The summed E-state index contributed by atoms with van der Waals surface area (Å²) in [6.07, 6.45) is 1.98. The van der Waals surface area contributed by atoms with Crippen LogP contribution in [0.5, 0.6) is 5.75 Å². The zero-order valence-corrected chi connectivity index (χ0v) is 17.2. The van der Waals surface area contributed by atoms with Crippen LogP contribution >= 0.6 is 0 Å². The molecule has 1 atom stereocenters. The quantitative estimate of drug-likeness (QED) is 0.517. The predicted octanol–water partition coefficient (Wildman–Crippen LogP) is 3.07. The summed E-state index contributed by atoms with van der Waals surface area (Å²) < 4.78 is 12.7. The van der Waals surface area contributed by atoms with Crippen LogP contribution < -0.4 is 15.8 Å². The average molecular weight is 417 g/mol. The molecular formula is C23H23N5O3. The number of nitrogens with two attached hydrogens (primary N) is 1. The van der Waals surface area contributed by atoms with Crippen LogP contribution in [-0.2, 0) is 4.74 Å². The average Bonchev–Trinajstić information content (AvgIpc) is 3.41. The lowest BCUT2D eigenvalue weighted by atomic mass is 10.2. The molecule has 1 amide bonds. The molecular weight excluding hydrogens is 394 g/mol. The molecule has 0 bridgehead atoms. The van der Waals surface area contributed by atoms with Crippen molar-refractivity contribution in [3.05, 3.63) is 54.1 Å². The molecule has 2 aromatic carbocycles. The molecule has 0 spiro atoms. The van der Waals surface area contributed by atoms with Crippen LogP contribution in [-0.4, -0.2) is 46.8 Å². The van der Waals surface area contributed by atoms with Crippen molar-refractivity contribution >= 4 is 33.9 Å². The highest BCUT2D eigenvalue weighted by Crippen LogP contribution is 2.32. The number of fused-ring (bicyclic) bond motifs is 2. The normalized spacial score (nSPS) is 16.1. The van der Waals surface area contributed by atoms with Crippen LogP contribution in [0, 0.1) is 0 Å². The third-order valence-electron chi connectivity index (χ3n) is 5.55. The monoisotopic (exact) mass is 417 g/mol. The first-order chi connectivity index (χ1) is 15.2. The van der Waals surface area contributed by atoms with Crippen molar-refractivity contribution in [2.45, 2.75) is 18.9 Å². The number of para-hydroxylation sites is 2. The lowest BCUT2D eigenvalue weighted by Gasteiger charge is -2.11. The predicted molar refractivity (Wildman–Crippen MR) is 119 cm³/mol. The number of rotatable bonds is 5. The molecule has 158 valence electrons. The van der Waals surface area contributed by atoms with Crippen molar-refractivity contribution in [2.75, 3.05) is 26.0 Å². The summed E-state index contributed by atoms with van der Waals surface area (Å²) in [5.41, 5.74) is 10.00. The second-order valence-corrected chi connectivity index (χ2v) is 7.53. The number of anilines is 1. The van der Waals surface area contributed by atoms with E-state index in [-0.39, 0.29) is 17.8 Å². The SMILES string of the molecule is COc1cccc(-n2c(N)c(C(=O)NC[C@H]3CCCO3)c3nc4ccccc4nc32)c1. The molecule has 5 rings (SSSR count). The van der Waals surface area contributed by atoms with E-state index in [1.54, 1.807) is 11.7 Å². The number of hydrogen-bond donors (Lipinski definition) is 2. The van der Waals surface area contributed by atoms with Crippen LogP contribution in [0.25, 0.3) is 27.9 Å². The Bertz CT molecular complexity index is 1280. The van der Waals surface area contributed by atoms with Gasteiger partial charge in [0.2, 0.25) is 0 Å². The Morgan fingerprint density at radius 3 is 2.77 bits per heavy atom. The van der Waals surface area contributed by atoms with Gasteiger partial charge in [-0.05, 0) is 37.1 Å². The summed E-state index contributed by atoms with van der Waals surface area (Å²) in [6, 6.07) is 15.0. The highest BCUT2D eigenvalue weighted by Gasteiger charge is 2.26. The molecule has 0 radical (unpaired) electrons. The van der Waals surface area contributed by atoms with E-state index in [1.807, 2.05) is 48.5 Å². The highest BCUT2D eigenvalue weighted by molar-refractivity contribution is 6.11. The first kappa shape index (κ1) is 19.3. The minimum absolute atomic E-state index is 0.0313. The van der Waals surface area contributed by atoms with Gasteiger partial charge in [0, 0.05) is 19.2 Å². The third-order valence-corrected chi connectivity index (χ3v) is 5.55. The fraction of sp³-hybridized carbons (Fsp3) is 0.261. The summed E-state index contributed by atoms with van der Waals surface area (Å²) in [5, 5.41) is 2.96. The van der Waals surface area contributed by atoms with Crippen molar-refractivity contribution in [3.8, 4) is 11.4 Å². The minimum atomic E-state index is -0.288. The van der Waals surface area contributed by atoms with Crippen LogP contribution in [0.15, 0.2) is 48.5 Å². The number of carbonyl (C=O) groups excluding carboxylic acids is 1. The number of nitrogens with zero attached hydrogens (tertiary/aromatic N) is 3. The first-order valence-corrected chi connectivity index (χ1v) is 10.3. The molecule has 1 fully saturated rings. The third kappa shape index (κ3) is 3.44. The second kappa shape index (κ2) is 7.88. The Labute approximate surface area is 179 Å². The van der Waals surface area contributed by atoms with Crippen LogP contribution in [0.2, 0.25) is 0 Å². The number of nitrogen functional groups attached to an aromatic ring is 1. The van der Waals surface area contributed by atoms with E-state index < -0.39 is 0 Å². The maximum atomic E-state index is 13.2. The number of benzene rings is 2. The summed E-state index contributed by atoms with van der Waals surface area (Å²) in [5.74, 6) is 0.671. The van der Waals surface area contributed by atoms with E-state index in [4.69, 9.17) is 25.2 Å². The van der Waals surface area contributed by atoms with Gasteiger partial charge in [0.15, 0.2) is 5.65 Å². The van der Waals surface area contributed by atoms with E-state index in [0.29, 0.717) is 34.5 Å². The van der Waals surface area contributed by atoms with Crippen molar-refractivity contribution in [3.63, 3.8) is 0 Å². The second-order valence-electron chi connectivity index (χ2n) is 7.53. The summed E-state index contributed by atoms with van der Waals surface area (Å²) in [4.78, 5) is 22.7. The molecule has 0 saturated carbocycles. The van der Waals surface area contributed by atoms with Crippen molar-refractivity contribution in [2.24, 2.45) is 0 Å². The number of methoxy groups -OCH3 is 1. The van der Waals surface area contributed by atoms with E-state index in [9.17, 15) is 4.79 Å². The fourth-order valence-electron chi connectivity index (χ4n) is 4.00. The molecule has 3 N–H and O–H groups in total. The Balaban J connectivity index is 1.67. The zero-order valence-electron chi connectivity index (χ0n) is 17.2. The minimum Gasteiger partial charge on any atom is -0.497 e. The van der Waals surface area contributed by atoms with E-state index in [1.165, 1.54) is 0 Å². The van der Waals surface area contributed by atoms with Gasteiger partial charge in [0.1, 0.15) is 22.6 Å². The van der Waals surface area contributed by atoms with Gasteiger partial charge in [0.05, 0.1) is 29.9 Å². The van der Waals surface area contributed by atoms with Crippen molar-refractivity contribution in [1.82, 2.24) is 19.9 Å². The molecule has 8 nitrogen and oxygen atoms in total. The molecule has 0 aliphatic carbocycles. The molecule has 2 aromatic heterocycles. The summed E-state index contributed by atoms with van der Waals surface area (Å²) >= 11 is 0. The van der Waals surface area contributed by atoms with Gasteiger partial charge in [-0.2, -0.15) is 0 Å². The van der Waals surface area contributed by atoms with E-state index in [0.717, 1.165) is 30.7 Å². The molecule has 31 heavy (non-hydrogen) atoms. The van der Waals surface area contributed by atoms with E-state index in [2.05, 4.69) is 5.32 Å².